The summed E-state index contributed by atoms with van der Waals surface area (Å²) in [7, 11) is 2.01. The molecular weight excluding hydrogens is 205 g/mol. The molecular formula is C13H20FNO. The maximum absolute atomic E-state index is 11.9. The molecule has 0 bridgehead atoms. The van der Waals surface area contributed by atoms with E-state index in [1.165, 1.54) is 25.0 Å². The highest BCUT2D eigenvalue weighted by molar-refractivity contribution is 5.02. The lowest BCUT2D eigenvalue weighted by atomic mass is 9.96. The fourth-order valence-electron chi connectivity index (χ4n) is 1.53. The number of hydrogen-bond acceptors (Lipinski definition) is 2. The van der Waals surface area contributed by atoms with Crippen molar-refractivity contribution in [3.05, 3.63) is 36.1 Å². The fraction of sp³-hybridized carbons (Fsp3) is 0.538. The van der Waals surface area contributed by atoms with Gasteiger partial charge < -0.3 is 0 Å². The maximum atomic E-state index is 11.9. The van der Waals surface area contributed by atoms with Crippen LogP contribution in [0.25, 0.3) is 0 Å². The van der Waals surface area contributed by atoms with E-state index in [0.717, 1.165) is 6.61 Å². The van der Waals surface area contributed by atoms with Gasteiger partial charge in [0.05, 0.1) is 6.61 Å². The van der Waals surface area contributed by atoms with Crippen LogP contribution in [-0.4, -0.2) is 24.3 Å². The summed E-state index contributed by atoms with van der Waals surface area (Å²) in [6, 6.07) is 7.94. The molecule has 1 atom stereocenters. The van der Waals surface area contributed by atoms with Crippen molar-refractivity contribution < 1.29 is 9.23 Å². The summed E-state index contributed by atoms with van der Waals surface area (Å²) >= 11 is 0. The minimum absolute atomic E-state index is 0.178. The van der Waals surface area contributed by atoms with E-state index < -0.39 is 0 Å². The summed E-state index contributed by atoms with van der Waals surface area (Å²) in [6.07, 6.45) is 2.34. The smallest absolute Gasteiger partial charge is 0.123 e. The Morgan fingerprint density at radius 3 is 2.25 bits per heavy atom. The van der Waals surface area contributed by atoms with Crippen molar-refractivity contribution in [2.75, 3.05) is 13.7 Å². The number of nitrogens with zero attached hydrogens (tertiary/aromatic N) is 1. The van der Waals surface area contributed by atoms with Gasteiger partial charge in [0.25, 0.3) is 0 Å². The molecule has 2 nitrogen and oxygen atoms in total. The molecule has 1 aromatic carbocycles. The summed E-state index contributed by atoms with van der Waals surface area (Å²) < 4.78 is 11.9. The second kappa shape index (κ2) is 5.97. The van der Waals surface area contributed by atoms with Crippen molar-refractivity contribution in [1.29, 1.82) is 0 Å². The van der Waals surface area contributed by atoms with E-state index in [9.17, 15) is 4.39 Å². The summed E-state index contributed by atoms with van der Waals surface area (Å²) in [6.45, 7) is 5.33. The van der Waals surface area contributed by atoms with Gasteiger partial charge >= 0.3 is 0 Å². The van der Waals surface area contributed by atoms with Gasteiger partial charge in [0, 0.05) is 12.6 Å². The molecule has 0 aromatic heterocycles. The Morgan fingerprint density at radius 1 is 1.38 bits per heavy atom. The monoisotopic (exact) mass is 225 g/mol. The van der Waals surface area contributed by atoms with E-state index in [0.29, 0.717) is 5.54 Å². The lowest BCUT2D eigenvalue weighted by Gasteiger charge is -2.27. The Labute approximate surface area is 97.0 Å². The van der Waals surface area contributed by atoms with E-state index in [2.05, 4.69) is 13.8 Å². The molecule has 16 heavy (non-hydrogen) atoms. The highest BCUT2D eigenvalue weighted by atomic mass is 19.1. The van der Waals surface area contributed by atoms with Crippen LogP contribution >= 0.6 is 0 Å². The first-order valence-electron chi connectivity index (χ1n) is 5.66. The van der Waals surface area contributed by atoms with Gasteiger partial charge in [-0.15, -0.1) is 0 Å². The number of hydroxylamine groups is 2. The first-order chi connectivity index (χ1) is 7.58. The van der Waals surface area contributed by atoms with Gasteiger partial charge in [-0.25, -0.2) is 4.39 Å². The van der Waals surface area contributed by atoms with Crippen LogP contribution in [0.2, 0.25) is 0 Å². The Bertz CT molecular complexity index is 304. The molecule has 1 saturated heterocycles. The molecule has 0 saturated carbocycles. The molecule has 1 aromatic rings. The third-order valence-corrected chi connectivity index (χ3v) is 3.18. The largest absolute Gasteiger partial charge is 0.299 e. The molecule has 0 spiro atoms. The Morgan fingerprint density at radius 2 is 2.00 bits per heavy atom. The molecule has 0 aliphatic carbocycles. The van der Waals surface area contributed by atoms with E-state index in [-0.39, 0.29) is 5.82 Å². The molecule has 90 valence electrons. The maximum Gasteiger partial charge on any atom is 0.123 e. The van der Waals surface area contributed by atoms with Crippen molar-refractivity contribution in [2.45, 2.75) is 32.2 Å². The van der Waals surface area contributed by atoms with Crippen LogP contribution in [0.1, 0.15) is 26.7 Å². The molecule has 0 unspecified atom stereocenters. The first-order valence-corrected chi connectivity index (χ1v) is 5.66. The fourth-order valence-corrected chi connectivity index (χ4v) is 1.53. The Hall–Kier alpha value is -0.930. The molecule has 1 fully saturated rings. The van der Waals surface area contributed by atoms with E-state index >= 15 is 0 Å². The zero-order valence-corrected chi connectivity index (χ0v) is 10.2. The summed E-state index contributed by atoms with van der Waals surface area (Å²) in [5.74, 6) is -0.178. The predicted octanol–water partition coefficient (Wildman–Crippen LogP) is 3.25. The normalized spacial score (nSPS) is 25.0. The number of benzene rings is 1. The third-order valence-electron chi connectivity index (χ3n) is 3.18. The zero-order valence-electron chi connectivity index (χ0n) is 10.2. The molecule has 1 heterocycles. The van der Waals surface area contributed by atoms with Crippen molar-refractivity contribution in [2.24, 2.45) is 0 Å². The molecule has 0 amide bonds. The average Bonchev–Trinajstić information content (AvgIpc) is 2.62. The van der Waals surface area contributed by atoms with Crippen molar-refractivity contribution in [1.82, 2.24) is 5.06 Å². The van der Waals surface area contributed by atoms with E-state index in [4.69, 9.17) is 4.84 Å². The van der Waals surface area contributed by atoms with Gasteiger partial charge in [0.1, 0.15) is 5.82 Å². The van der Waals surface area contributed by atoms with Crippen LogP contribution < -0.4 is 0 Å². The summed E-state index contributed by atoms with van der Waals surface area (Å²) in [5, 5.41) is 1.98. The Kier molecular flexibility index (Phi) is 4.90. The average molecular weight is 225 g/mol. The van der Waals surface area contributed by atoms with E-state index in [1.807, 2.05) is 12.1 Å². The van der Waals surface area contributed by atoms with Gasteiger partial charge in [0.2, 0.25) is 0 Å². The van der Waals surface area contributed by atoms with Crippen LogP contribution in [0.3, 0.4) is 0 Å². The SMILES string of the molecule is CC[C@@]1(C)CCON1C.Fc1ccccc1. The number of halogens is 1. The van der Waals surface area contributed by atoms with Gasteiger partial charge in [-0.05, 0) is 31.9 Å². The Balaban J connectivity index is 0.000000165. The minimum Gasteiger partial charge on any atom is -0.299 e. The van der Waals surface area contributed by atoms with Gasteiger partial charge in [0.15, 0.2) is 0 Å². The number of rotatable bonds is 1. The molecule has 3 heteroatoms. The highest BCUT2D eigenvalue weighted by Gasteiger charge is 2.33. The summed E-state index contributed by atoms with van der Waals surface area (Å²) in [4.78, 5) is 5.29. The van der Waals surface area contributed by atoms with Crippen LogP contribution in [0.15, 0.2) is 30.3 Å². The van der Waals surface area contributed by atoms with Crippen molar-refractivity contribution >= 4 is 0 Å². The molecule has 2 rings (SSSR count). The quantitative estimate of drug-likeness (QED) is 0.727. The standard InChI is InChI=1S/C7H15NO.C6H5F/c1-4-7(2)5-6-9-8(7)3;7-6-4-2-1-3-5-6/h4-6H2,1-3H3;1-5H/t7-;/m0./s1. The van der Waals surface area contributed by atoms with Crippen molar-refractivity contribution in [3.63, 3.8) is 0 Å². The van der Waals surface area contributed by atoms with Crippen molar-refractivity contribution in [3.8, 4) is 0 Å². The topological polar surface area (TPSA) is 12.5 Å². The predicted molar refractivity (Wildman–Crippen MR) is 63.4 cm³/mol. The van der Waals surface area contributed by atoms with Gasteiger partial charge in [-0.1, -0.05) is 25.1 Å². The second-order valence-electron chi connectivity index (χ2n) is 4.23. The lowest BCUT2D eigenvalue weighted by Crippen LogP contribution is -2.36. The summed E-state index contributed by atoms with van der Waals surface area (Å²) in [5.41, 5.74) is 0.306. The lowest BCUT2D eigenvalue weighted by molar-refractivity contribution is -0.138. The van der Waals surface area contributed by atoms with Crippen LogP contribution in [0.4, 0.5) is 4.39 Å². The molecule has 1 aliphatic heterocycles. The number of hydrogen-bond donors (Lipinski definition) is 0. The minimum atomic E-state index is -0.178. The third kappa shape index (κ3) is 3.58. The molecule has 1 aliphatic rings. The van der Waals surface area contributed by atoms with E-state index in [1.54, 1.807) is 18.2 Å². The zero-order chi connectivity index (χ0) is 12.0. The van der Waals surface area contributed by atoms with Crippen LogP contribution in [0, 0.1) is 5.82 Å². The molecule has 0 radical (unpaired) electrons. The van der Waals surface area contributed by atoms with Crippen LogP contribution in [-0.2, 0) is 4.84 Å². The highest BCUT2D eigenvalue weighted by Crippen LogP contribution is 2.27. The second-order valence-corrected chi connectivity index (χ2v) is 4.23. The first kappa shape index (κ1) is 13.1. The van der Waals surface area contributed by atoms with Gasteiger partial charge in [-0.2, -0.15) is 5.06 Å². The van der Waals surface area contributed by atoms with Gasteiger partial charge in [-0.3, -0.25) is 4.84 Å². The van der Waals surface area contributed by atoms with Crippen LogP contribution in [0.5, 0.6) is 0 Å². The molecule has 0 N–H and O–H groups in total.